The van der Waals surface area contributed by atoms with Crippen LogP contribution in [0.1, 0.15) is 59.6 Å². The summed E-state index contributed by atoms with van der Waals surface area (Å²) in [6, 6.07) is 15.9. The number of likely N-dealkylation sites (tertiary alicyclic amines) is 1. The van der Waals surface area contributed by atoms with Crippen molar-refractivity contribution in [3.63, 3.8) is 0 Å². The Hall–Kier alpha value is -3.23. The zero-order valence-electron chi connectivity index (χ0n) is 21.7. The summed E-state index contributed by atoms with van der Waals surface area (Å²) >= 11 is 0. The number of alkyl halides is 1. The van der Waals surface area contributed by atoms with E-state index in [1.807, 2.05) is 42.5 Å². The standard InChI is InChI=1S/C30H34FN3O4.ClH/c31-17-24(32)20-7-9-21(10-8-20)29(36)34-13-12-23(19-4-2-1-3-5-19)28(34)27(35)15-18-6-11-25-22(14-18)16-26(33-25)30(37)38;/h1-6,11,14,16,20-21,23-24,28,33H,7-10,12-13,15,17,32H2,(H,37,38);1H/t20?,21?,23-,24-,28+;/m1./s1. The molecule has 0 unspecified atom stereocenters. The molecule has 1 aliphatic carbocycles. The molecule has 208 valence electrons. The first-order valence-corrected chi connectivity index (χ1v) is 13.4. The molecular formula is C30H35ClFN3O4. The highest BCUT2D eigenvalue weighted by molar-refractivity contribution is 5.95. The van der Waals surface area contributed by atoms with E-state index in [2.05, 4.69) is 4.98 Å². The minimum absolute atomic E-state index is 0. The Balaban J connectivity index is 0.00000353. The van der Waals surface area contributed by atoms with Crippen LogP contribution in [-0.2, 0) is 16.0 Å². The van der Waals surface area contributed by atoms with E-state index < -0.39 is 24.7 Å². The Morgan fingerprint density at radius 3 is 2.41 bits per heavy atom. The molecule has 0 radical (unpaired) electrons. The average molecular weight is 556 g/mol. The van der Waals surface area contributed by atoms with E-state index in [4.69, 9.17) is 5.73 Å². The van der Waals surface area contributed by atoms with E-state index in [1.54, 1.807) is 17.0 Å². The van der Waals surface area contributed by atoms with Crippen LogP contribution in [0.25, 0.3) is 10.9 Å². The molecule has 3 atom stereocenters. The van der Waals surface area contributed by atoms with Crippen molar-refractivity contribution >= 4 is 41.0 Å². The molecule has 1 saturated heterocycles. The molecule has 0 bridgehead atoms. The lowest BCUT2D eigenvalue weighted by molar-refractivity contribution is -0.142. The van der Waals surface area contributed by atoms with E-state index >= 15 is 0 Å². The van der Waals surface area contributed by atoms with Crippen LogP contribution in [-0.4, -0.2) is 58.0 Å². The van der Waals surface area contributed by atoms with Gasteiger partial charge in [-0.05, 0) is 67.3 Å². The number of aromatic amines is 1. The van der Waals surface area contributed by atoms with Gasteiger partial charge in [-0.25, -0.2) is 9.18 Å². The number of carbonyl (C=O) groups excluding carboxylic acids is 2. The van der Waals surface area contributed by atoms with Gasteiger partial charge in [-0.3, -0.25) is 9.59 Å². The van der Waals surface area contributed by atoms with Crippen molar-refractivity contribution in [3.8, 4) is 0 Å². The van der Waals surface area contributed by atoms with Gasteiger partial charge < -0.3 is 20.7 Å². The van der Waals surface area contributed by atoms with Gasteiger partial charge in [0.1, 0.15) is 12.4 Å². The van der Waals surface area contributed by atoms with E-state index in [0.29, 0.717) is 31.3 Å². The fraction of sp³-hybridized carbons (Fsp3) is 0.433. The number of rotatable bonds is 8. The van der Waals surface area contributed by atoms with Crippen molar-refractivity contribution in [2.45, 2.75) is 56.5 Å². The summed E-state index contributed by atoms with van der Waals surface area (Å²) in [7, 11) is 0. The fourth-order valence-electron chi connectivity index (χ4n) is 6.35. The number of ketones is 1. The number of carboxylic acids is 1. The van der Waals surface area contributed by atoms with Crippen molar-refractivity contribution < 1.29 is 23.9 Å². The minimum atomic E-state index is -1.04. The third-order valence-corrected chi connectivity index (χ3v) is 8.44. The van der Waals surface area contributed by atoms with E-state index in [0.717, 1.165) is 29.4 Å². The molecular weight excluding hydrogens is 521 g/mol. The maximum Gasteiger partial charge on any atom is 0.352 e. The number of benzene rings is 2. The summed E-state index contributed by atoms with van der Waals surface area (Å²) in [5, 5.41) is 10.0. The molecule has 39 heavy (non-hydrogen) atoms. The third kappa shape index (κ3) is 6.02. The number of carbonyl (C=O) groups is 3. The second kappa shape index (κ2) is 12.3. The molecule has 1 amide bonds. The number of halogens is 2. The van der Waals surface area contributed by atoms with E-state index in [9.17, 15) is 23.9 Å². The number of aromatic nitrogens is 1. The first-order chi connectivity index (χ1) is 18.4. The molecule has 9 heteroatoms. The highest BCUT2D eigenvalue weighted by Gasteiger charge is 2.44. The Bertz CT molecular complexity index is 1320. The molecule has 0 spiro atoms. The predicted molar refractivity (Wildman–Crippen MR) is 150 cm³/mol. The van der Waals surface area contributed by atoms with Crippen LogP contribution in [0.5, 0.6) is 0 Å². The minimum Gasteiger partial charge on any atom is -0.477 e. The van der Waals surface area contributed by atoms with Gasteiger partial charge in [-0.2, -0.15) is 0 Å². The van der Waals surface area contributed by atoms with Crippen molar-refractivity contribution in [2.24, 2.45) is 17.6 Å². The second-order valence-electron chi connectivity index (χ2n) is 10.8. The van der Waals surface area contributed by atoms with Crippen LogP contribution in [0.3, 0.4) is 0 Å². The number of nitrogens with two attached hydrogens (primary N) is 1. The van der Waals surface area contributed by atoms with Gasteiger partial charge in [0.15, 0.2) is 5.78 Å². The number of aromatic carboxylic acids is 1. The number of amides is 1. The van der Waals surface area contributed by atoms with Crippen molar-refractivity contribution in [1.29, 1.82) is 0 Å². The normalized spacial score (nSPS) is 23.8. The van der Waals surface area contributed by atoms with Crippen LogP contribution in [0.15, 0.2) is 54.6 Å². The van der Waals surface area contributed by atoms with Gasteiger partial charge in [0, 0.05) is 41.7 Å². The number of nitrogens with zero attached hydrogens (tertiary/aromatic N) is 1. The van der Waals surface area contributed by atoms with Crippen LogP contribution in [0.2, 0.25) is 0 Å². The predicted octanol–water partition coefficient (Wildman–Crippen LogP) is 4.89. The highest BCUT2D eigenvalue weighted by atomic mass is 35.5. The largest absolute Gasteiger partial charge is 0.477 e. The first kappa shape index (κ1) is 28.8. The van der Waals surface area contributed by atoms with Crippen LogP contribution < -0.4 is 5.73 Å². The number of fused-ring (bicyclic) bond motifs is 1. The Kier molecular flexibility index (Phi) is 9.08. The average Bonchev–Trinajstić information content (AvgIpc) is 3.58. The van der Waals surface area contributed by atoms with Crippen molar-refractivity contribution in [2.75, 3.05) is 13.2 Å². The first-order valence-electron chi connectivity index (χ1n) is 13.4. The number of H-pyrrole nitrogens is 1. The Morgan fingerprint density at radius 1 is 1.03 bits per heavy atom. The lowest BCUT2D eigenvalue weighted by Crippen LogP contribution is -2.47. The van der Waals surface area contributed by atoms with E-state index in [-0.39, 0.29) is 54.0 Å². The van der Waals surface area contributed by atoms with Gasteiger partial charge in [0.25, 0.3) is 0 Å². The number of carboxylic acid groups (broad SMARTS) is 1. The van der Waals surface area contributed by atoms with Gasteiger partial charge in [-0.15, -0.1) is 12.4 Å². The second-order valence-corrected chi connectivity index (χ2v) is 10.8. The topological polar surface area (TPSA) is 116 Å². The molecule has 5 rings (SSSR count). The third-order valence-electron chi connectivity index (χ3n) is 8.44. The summed E-state index contributed by atoms with van der Waals surface area (Å²) in [4.78, 5) is 43.6. The summed E-state index contributed by atoms with van der Waals surface area (Å²) < 4.78 is 13.1. The Morgan fingerprint density at radius 2 is 1.74 bits per heavy atom. The quantitative estimate of drug-likeness (QED) is 0.366. The number of hydrogen-bond acceptors (Lipinski definition) is 4. The maximum atomic E-state index is 13.9. The maximum absolute atomic E-state index is 13.9. The lowest BCUT2D eigenvalue weighted by Gasteiger charge is -2.35. The highest BCUT2D eigenvalue weighted by Crippen LogP contribution is 2.38. The Labute approximate surface area is 233 Å². The van der Waals surface area contributed by atoms with Crippen LogP contribution >= 0.6 is 12.4 Å². The lowest BCUT2D eigenvalue weighted by atomic mass is 9.78. The zero-order valence-corrected chi connectivity index (χ0v) is 22.5. The zero-order chi connectivity index (χ0) is 26.8. The summed E-state index contributed by atoms with van der Waals surface area (Å²) in [6.45, 7) is -0.0194. The molecule has 2 heterocycles. The molecule has 2 fully saturated rings. The van der Waals surface area contributed by atoms with E-state index in [1.165, 1.54) is 0 Å². The molecule has 2 aliphatic rings. The van der Waals surface area contributed by atoms with Gasteiger partial charge in [-0.1, -0.05) is 36.4 Å². The summed E-state index contributed by atoms with van der Waals surface area (Å²) in [6.07, 6.45) is 3.66. The van der Waals surface area contributed by atoms with Crippen molar-refractivity contribution in [3.05, 3.63) is 71.4 Å². The van der Waals surface area contributed by atoms with Crippen LogP contribution in [0, 0.1) is 11.8 Å². The SMILES string of the molecule is Cl.N[C@H](CF)C1CCC(C(=O)N2CC[C@H](c3ccccc3)[C@H]2C(=O)Cc2ccc3[nH]c(C(=O)O)cc3c2)CC1. The fourth-order valence-corrected chi connectivity index (χ4v) is 6.35. The molecule has 1 saturated carbocycles. The van der Waals surface area contributed by atoms with Gasteiger partial charge in [0.05, 0.1) is 6.04 Å². The smallest absolute Gasteiger partial charge is 0.352 e. The molecule has 4 N–H and O–H groups in total. The van der Waals surface area contributed by atoms with Gasteiger partial charge in [0.2, 0.25) is 5.91 Å². The summed E-state index contributed by atoms with van der Waals surface area (Å²) in [5.41, 5.74) is 8.54. The molecule has 1 aliphatic heterocycles. The molecule has 1 aromatic heterocycles. The molecule has 3 aromatic rings. The number of hydrogen-bond donors (Lipinski definition) is 3. The van der Waals surface area contributed by atoms with Crippen LogP contribution in [0.4, 0.5) is 4.39 Å². The number of Topliss-reactive ketones (excluding diaryl/α,β-unsaturated/α-hetero) is 1. The number of nitrogens with one attached hydrogen (secondary N) is 1. The molecule has 7 nitrogen and oxygen atoms in total. The van der Waals surface area contributed by atoms with Crippen molar-refractivity contribution in [1.82, 2.24) is 9.88 Å². The monoisotopic (exact) mass is 555 g/mol. The summed E-state index contributed by atoms with van der Waals surface area (Å²) in [5.74, 6) is -1.20. The molecule has 2 aromatic carbocycles. The van der Waals surface area contributed by atoms with Gasteiger partial charge >= 0.3 is 5.97 Å².